The monoisotopic (exact) mass is 354 g/mol. The number of piperidine rings is 1. The van der Waals surface area contributed by atoms with Gasteiger partial charge < -0.3 is 14.4 Å². The Kier molecular flexibility index (Phi) is 5.84. The Hall–Kier alpha value is -2.89. The lowest BCUT2D eigenvalue weighted by atomic mass is 10.0. The number of nitrogens with zero attached hydrogens (tertiary/aromatic N) is 2. The van der Waals surface area contributed by atoms with Crippen LogP contribution in [0.5, 0.6) is 11.5 Å². The van der Waals surface area contributed by atoms with Crippen molar-refractivity contribution in [3.8, 4) is 11.5 Å². The molecule has 1 aliphatic heterocycles. The van der Waals surface area contributed by atoms with Crippen LogP contribution >= 0.6 is 0 Å². The number of benzene rings is 1. The molecule has 2 aromatic rings. The molecule has 0 bridgehead atoms. The first kappa shape index (κ1) is 17.9. The normalized spacial score (nSPS) is 16.8. The largest absolute Gasteiger partial charge is 0.494 e. The zero-order valence-electron chi connectivity index (χ0n) is 14.8. The first-order chi connectivity index (χ1) is 12.7. The van der Waals surface area contributed by atoms with Crippen LogP contribution in [0.3, 0.4) is 0 Å². The molecule has 0 saturated carbocycles. The molecule has 1 saturated heterocycles. The van der Waals surface area contributed by atoms with Crippen LogP contribution in [0.4, 0.5) is 0 Å². The molecule has 1 aromatic carbocycles. The Morgan fingerprint density at radius 1 is 1.15 bits per heavy atom. The Bertz CT molecular complexity index is 746. The summed E-state index contributed by atoms with van der Waals surface area (Å²) in [6.07, 6.45) is 5.50. The Morgan fingerprint density at radius 2 is 1.92 bits per heavy atom. The van der Waals surface area contributed by atoms with Crippen LogP contribution in [0.1, 0.15) is 36.5 Å². The molecule has 1 aromatic heterocycles. The second-order valence-corrected chi connectivity index (χ2v) is 6.08. The topological polar surface area (TPSA) is 68.7 Å². The van der Waals surface area contributed by atoms with Gasteiger partial charge in [0.1, 0.15) is 17.5 Å². The third-order valence-corrected chi connectivity index (χ3v) is 4.30. The molecule has 1 fully saturated rings. The van der Waals surface area contributed by atoms with Gasteiger partial charge >= 0.3 is 5.97 Å². The maximum Gasteiger partial charge on any atom is 0.334 e. The fourth-order valence-corrected chi connectivity index (χ4v) is 3.03. The SMILES string of the molecule is CCOc1ccc(OC(=O)C2CCCCN2C(=O)c2cccnc2)cc1. The number of rotatable bonds is 5. The average Bonchev–Trinajstić information content (AvgIpc) is 2.70. The maximum absolute atomic E-state index is 12.7. The molecule has 136 valence electrons. The minimum Gasteiger partial charge on any atom is -0.494 e. The van der Waals surface area contributed by atoms with E-state index in [1.165, 1.54) is 6.20 Å². The lowest BCUT2D eigenvalue weighted by Crippen LogP contribution is -2.49. The molecule has 26 heavy (non-hydrogen) atoms. The van der Waals surface area contributed by atoms with Gasteiger partial charge in [-0.05, 0) is 62.6 Å². The zero-order chi connectivity index (χ0) is 18.4. The van der Waals surface area contributed by atoms with Crippen molar-refractivity contribution < 1.29 is 19.1 Å². The molecular formula is C20H22N2O4. The Morgan fingerprint density at radius 3 is 2.62 bits per heavy atom. The summed E-state index contributed by atoms with van der Waals surface area (Å²) in [7, 11) is 0. The van der Waals surface area contributed by atoms with Crippen molar-refractivity contribution in [1.82, 2.24) is 9.88 Å². The number of ether oxygens (including phenoxy) is 2. The van der Waals surface area contributed by atoms with E-state index >= 15 is 0 Å². The second-order valence-electron chi connectivity index (χ2n) is 6.08. The molecule has 1 aliphatic rings. The standard InChI is InChI=1S/C20H22N2O4/c1-2-25-16-8-10-17(11-9-16)26-20(24)18-7-3-4-13-22(18)19(23)15-6-5-12-21-14-15/h5-6,8-12,14,18H,2-4,7,13H2,1H3. The van der Waals surface area contributed by atoms with Crippen LogP contribution in [0.25, 0.3) is 0 Å². The molecule has 0 aliphatic carbocycles. The first-order valence-electron chi connectivity index (χ1n) is 8.84. The van der Waals surface area contributed by atoms with Gasteiger partial charge in [0.15, 0.2) is 0 Å². The third kappa shape index (κ3) is 4.20. The summed E-state index contributed by atoms with van der Waals surface area (Å²) < 4.78 is 10.9. The van der Waals surface area contributed by atoms with Crippen LogP contribution in [0.15, 0.2) is 48.8 Å². The number of amides is 1. The van der Waals surface area contributed by atoms with Crippen molar-refractivity contribution >= 4 is 11.9 Å². The van der Waals surface area contributed by atoms with E-state index in [9.17, 15) is 9.59 Å². The van der Waals surface area contributed by atoms with Crippen molar-refractivity contribution in [3.05, 3.63) is 54.4 Å². The summed E-state index contributed by atoms with van der Waals surface area (Å²) in [5, 5.41) is 0. The summed E-state index contributed by atoms with van der Waals surface area (Å²) in [6, 6.07) is 9.74. The quantitative estimate of drug-likeness (QED) is 0.610. The van der Waals surface area contributed by atoms with Gasteiger partial charge in [0.25, 0.3) is 5.91 Å². The van der Waals surface area contributed by atoms with Gasteiger partial charge in [-0.1, -0.05) is 0 Å². The van der Waals surface area contributed by atoms with Gasteiger partial charge in [-0.15, -0.1) is 0 Å². The predicted octanol–water partition coefficient (Wildman–Crippen LogP) is 3.08. The molecule has 2 heterocycles. The van der Waals surface area contributed by atoms with Gasteiger partial charge in [0.05, 0.1) is 12.2 Å². The highest BCUT2D eigenvalue weighted by Gasteiger charge is 2.34. The molecule has 6 heteroatoms. The van der Waals surface area contributed by atoms with E-state index in [1.807, 2.05) is 6.92 Å². The highest BCUT2D eigenvalue weighted by atomic mass is 16.5. The number of hydrogen-bond acceptors (Lipinski definition) is 5. The van der Waals surface area contributed by atoms with E-state index in [0.29, 0.717) is 30.9 Å². The summed E-state index contributed by atoms with van der Waals surface area (Å²) in [4.78, 5) is 31.0. The minimum absolute atomic E-state index is 0.188. The number of carbonyl (C=O) groups is 2. The molecule has 0 N–H and O–H groups in total. The van der Waals surface area contributed by atoms with Crippen LogP contribution < -0.4 is 9.47 Å². The zero-order valence-corrected chi connectivity index (χ0v) is 14.8. The number of hydrogen-bond donors (Lipinski definition) is 0. The van der Waals surface area contributed by atoms with Gasteiger partial charge in [-0.2, -0.15) is 0 Å². The van der Waals surface area contributed by atoms with Gasteiger partial charge in [0, 0.05) is 18.9 Å². The van der Waals surface area contributed by atoms with Crippen LogP contribution in [-0.4, -0.2) is 41.0 Å². The van der Waals surface area contributed by atoms with Crippen LogP contribution in [0, 0.1) is 0 Å². The van der Waals surface area contributed by atoms with E-state index < -0.39 is 12.0 Å². The molecule has 1 amide bonds. The Balaban J connectivity index is 1.70. The molecule has 0 radical (unpaired) electrons. The van der Waals surface area contributed by atoms with Gasteiger partial charge in [-0.3, -0.25) is 9.78 Å². The predicted molar refractivity (Wildman–Crippen MR) is 96.2 cm³/mol. The summed E-state index contributed by atoms with van der Waals surface area (Å²) in [5.41, 5.74) is 0.480. The fourth-order valence-electron chi connectivity index (χ4n) is 3.03. The summed E-state index contributed by atoms with van der Waals surface area (Å²) >= 11 is 0. The highest BCUT2D eigenvalue weighted by Crippen LogP contribution is 2.23. The first-order valence-corrected chi connectivity index (χ1v) is 8.84. The summed E-state index contributed by atoms with van der Waals surface area (Å²) in [6.45, 7) is 3.02. The maximum atomic E-state index is 12.7. The number of carbonyl (C=O) groups excluding carboxylic acids is 2. The van der Waals surface area contributed by atoms with Gasteiger partial charge in [0.2, 0.25) is 0 Å². The number of aromatic nitrogens is 1. The van der Waals surface area contributed by atoms with Crippen LogP contribution in [0.2, 0.25) is 0 Å². The molecule has 1 unspecified atom stereocenters. The van der Waals surface area contributed by atoms with E-state index in [0.717, 1.165) is 18.6 Å². The van der Waals surface area contributed by atoms with Crippen molar-refractivity contribution in [2.24, 2.45) is 0 Å². The number of likely N-dealkylation sites (tertiary alicyclic amines) is 1. The number of pyridine rings is 1. The van der Waals surface area contributed by atoms with Crippen molar-refractivity contribution in [2.75, 3.05) is 13.2 Å². The lowest BCUT2D eigenvalue weighted by Gasteiger charge is -2.34. The van der Waals surface area contributed by atoms with Crippen molar-refractivity contribution in [2.45, 2.75) is 32.2 Å². The van der Waals surface area contributed by atoms with E-state index in [-0.39, 0.29) is 5.91 Å². The second kappa shape index (κ2) is 8.47. The average molecular weight is 354 g/mol. The number of esters is 1. The molecule has 1 atom stereocenters. The van der Waals surface area contributed by atoms with E-state index in [1.54, 1.807) is 47.5 Å². The van der Waals surface area contributed by atoms with Gasteiger partial charge in [-0.25, -0.2) is 4.79 Å². The highest BCUT2D eigenvalue weighted by molar-refractivity contribution is 5.96. The van der Waals surface area contributed by atoms with E-state index in [2.05, 4.69) is 4.98 Å². The molecule has 0 spiro atoms. The molecule has 6 nitrogen and oxygen atoms in total. The van der Waals surface area contributed by atoms with Crippen LogP contribution in [-0.2, 0) is 4.79 Å². The van der Waals surface area contributed by atoms with Crippen molar-refractivity contribution in [1.29, 1.82) is 0 Å². The molecule has 3 rings (SSSR count). The Labute approximate surface area is 152 Å². The molecular weight excluding hydrogens is 332 g/mol. The summed E-state index contributed by atoms with van der Waals surface area (Å²) in [5.74, 6) is 0.564. The minimum atomic E-state index is -0.581. The van der Waals surface area contributed by atoms with Crippen molar-refractivity contribution in [3.63, 3.8) is 0 Å². The van der Waals surface area contributed by atoms with E-state index in [4.69, 9.17) is 9.47 Å². The third-order valence-electron chi connectivity index (χ3n) is 4.30. The fraction of sp³-hybridized carbons (Fsp3) is 0.350. The smallest absolute Gasteiger partial charge is 0.334 e. The lowest BCUT2D eigenvalue weighted by molar-refractivity contribution is -0.140.